The predicted molar refractivity (Wildman–Crippen MR) is 81.8 cm³/mol. The molecule has 2 aromatic carbocycles. The number of halogens is 2. The Morgan fingerprint density at radius 2 is 1.85 bits per heavy atom. The maximum absolute atomic E-state index is 13.6. The van der Waals surface area contributed by atoms with E-state index in [2.05, 4.69) is 26.9 Å². The van der Waals surface area contributed by atoms with Crippen molar-refractivity contribution in [2.24, 2.45) is 0 Å². The zero-order chi connectivity index (χ0) is 14.4. The number of hydrogen-bond acceptors (Lipinski definition) is 2. The molecule has 0 aliphatic heterocycles. The van der Waals surface area contributed by atoms with Crippen molar-refractivity contribution in [3.8, 4) is 6.07 Å². The van der Waals surface area contributed by atoms with Crippen LogP contribution < -0.4 is 4.90 Å². The third kappa shape index (κ3) is 3.58. The van der Waals surface area contributed by atoms with Crippen LogP contribution in [0, 0.1) is 17.1 Å². The lowest BCUT2D eigenvalue weighted by Gasteiger charge is -2.24. The summed E-state index contributed by atoms with van der Waals surface area (Å²) in [4.78, 5) is 2.07. The second kappa shape index (κ2) is 7.06. The first-order valence-corrected chi connectivity index (χ1v) is 7.11. The van der Waals surface area contributed by atoms with Crippen molar-refractivity contribution in [3.63, 3.8) is 0 Å². The summed E-state index contributed by atoms with van der Waals surface area (Å²) in [5.74, 6) is -0.268. The fourth-order valence-electron chi connectivity index (χ4n) is 2.00. The van der Waals surface area contributed by atoms with Gasteiger partial charge in [-0.2, -0.15) is 5.26 Å². The van der Waals surface area contributed by atoms with Gasteiger partial charge in [-0.3, -0.25) is 0 Å². The van der Waals surface area contributed by atoms with Crippen LogP contribution in [0.3, 0.4) is 0 Å². The Hall–Kier alpha value is -1.86. The van der Waals surface area contributed by atoms with E-state index in [1.807, 2.05) is 36.4 Å². The Balaban J connectivity index is 2.24. The fraction of sp³-hybridized carbons (Fsp3) is 0.188. The summed E-state index contributed by atoms with van der Waals surface area (Å²) >= 11 is 3.28. The first-order valence-electron chi connectivity index (χ1n) is 6.32. The number of hydrogen-bond donors (Lipinski definition) is 0. The number of anilines is 1. The summed E-state index contributed by atoms with van der Waals surface area (Å²) < 4.78 is 14.1. The largest absolute Gasteiger partial charge is 0.366 e. The minimum absolute atomic E-state index is 0.268. The average Bonchev–Trinajstić information content (AvgIpc) is 2.48. The van der Waals surface area contributed by atoms with E-state index in [-0.39, 0.29) is 5.82 Å². The first-order chi connectivity index (χ1) is 9.72. The van der Waals surface area contributed by atoms with Gasteiger partial charge in [-0.1, -0.05) is 30.3 Å². The maximum atomic E-state index is 13.6. The number of para-hydroxylation sites is 1. The van der Waals surface area contributed by atoms with Gasteiger partial charge < -0.3 is 4.90 Å². The van der Waals surface area contributed by atoms with Gasteiger partial charge in [0, 0.05) is 18.8 Å². The lowest BCUT2D eigenvalue weighted by atomic mass is 10.2. The van der Waals surface area contributed by atoms with Crippen molar-refractivity contribution < 1.29 is 4.39 Å². The van der Waals surface area contributed by atoms with E-state index in [1.165, 1.54) is 6.07 Å². The fourth-order valence-corrected chi connectivity index (χ4v) is 2.39. The van der Waals surface area contributed by atoms with Crippen molar-refractivity contribution in [3.05, 3.63) is 64.4 Å². The van der Waals surface area contributed by atoms with Crippen molar-refractivity contribution in [1.82, 2.24) is 0 Å². The molecule has 2 rings (SSSR count). The molecular formula is C16H14BrFN2. The molecule has 0 heterocycles. The molecule has 0 saturated heterocycles. The summed E-state index contributed by atoms with van der Waals surface area (Å²) in [6.45, 7) is 1.17. The SMILES string of the molecule is N#CCCN(Cc1cccc(F)c1Br)c1ccccc1. The molecule has 0 aromatic heterocycles. The van der Waals surface area contributed by atoms with E-state index in [4.69, 9.17) is 5.26 Å². The van der Waals surface area contributed by atoms with Crippen LogP contribution in [0.1, 0.15) is 12.0 Å². The third-order valence-electron chi connectivity index (χ3n) is 3.01. The van der Waals surface area contributed by atoms with Gasteiger partial charge in [-0.15, -0.1) is 0 Å². The number of benzene rings is 2. The van der Waals surface area contributed by atoms with Gasteiger partial charge in [0.2, 0.25) is 0 Å². The number of nitriles is 1. The topological polar surface area (TPSA) is 27.0 Å². The molecule has 102 valence electrons. The highest BCUT2D eigenvalue weighted by molar-refractivity contribution is 9.10. The monoisotopic (exact) mass is 332 g/mol. The highest BCUT2D eigenvalue weighted by atomic mass is 79.9. The van der Waals surface area contributed by atoms with Crippen LogP contribution in [0.2, 0.25) is 0 Å². The Labute approximate surface area is 126 Å². The van der Waals surface area contributed by atoms with Crippen LogP contribution in [0.5, 0.6) is 0 Å². The smallest absolute Gasteiger partial charge is 0.137 e. The van der Waals surface area contributed by atoms with E-state index in [1.54, 1.807) is 6.07 Å². The number of nitrogens with zero attached hydrogens (tertiary/aromatic N) is 2. The van der Waals surface area contributed by atoms with Crippen molar-refractivity contribution in [2.45, 2.75) is 13.0 Å². The van der Waals surface area contributed by atoms with Crippen molar-refractivity contribution in [2.75, 3.05) is 11.4 Å². The van der Waals surface area contributed by atoms with Gasteiger partial charge >= 0.3 is 0 Å². The summed E-state index contributed by atoms with van der Waals surface area (Å²) in [5.41, 5.74) is 1.89. The van der Waals surface area contributed by atoms with Crippen LogP contribution in [-0.2, 0) is 6.54 Å². The van der Waals surface area contributed by atoms with Crippen molar-refractivity contribution in [1.29, 1.82) is 5.26 Å². The summed E-state index contributed by atoms with van der Waals surface area (Å²) in [6.07, 6.45) is 0.432. The van der Waals surface area contributed by atoms with E-state index >= 15 is 0 Å². The zero-order valence-electron chi connectivity index (χ0n) is 10.9. The van der Waals surface area contributed by atoms with Gasteiger partial charge in [0.25, 0.3) is 0 Å². The highest BCUT2D eigenvalue weighted by Crippen LogP contribution is 2.24. The Morgan fingerprint density at radius 1 is 1.10 bits per heavy atom. The Bertz CT molecular complexity index is 608. The molecule has 0 atom stereocenters. The summed E-state index contributed by atoms with van der Waals surface area (Å²) in [5, 5.41) is 8.78. The van der Waals surface area contributed by atoms with E-state index in [9.17, 15) is 4.39 Å². The molecule has 0 radical (unpaired) electrons. The quantitative estimate of drug-likeness (QED) is 0.805. The molecule has 20 heavy (non-hydrogen) atoms. The molecule has 4 heteroatoms. The molecule has 0 spiro atoms. The minimum atomic E-state index is -0.268. The molecule has 0 saturated carbocycles. The Morgan fingerprint density at radius 3 is 2.55 bits per heavy atom. The molecule has 0 bridgehead atoms. The molecule has 2 aromatic rings. The third-order valence-corrected chi connectivity index (χ3v) is 3.90. The van der Waals surface area contributed by atoms with Gasteiger partial charge in [0.05, 0.1) is 17.0 Å². The first kappa shape index (κ1) is 14.5. The molecule has 0 unspecified atom stereocenters. The molecule has 2 nitrogen and oxygen atoms in total. The van der Waals surface area contributed by atoms with E-state index < -0.39 is 0 Å². The lowest BCUT2D eigenvalue weighted by Crippen LogP contribution is -2.23. The summed E-state index contributed by atoms with van der Waals surface area (Å²) in [6, 6.07) is 17.0. The van der Waals surface area contributed by atoms with Crippen LogP contribution in [0.4, 0.5) is 10.1 Å². The average molecular weight is 333 g/mol. The van der Waals surface area contributed by atoms with Crippen molar-refractivity contribution >= 4 is 21.6 Å². The minimum Gasteiger partial charge on any atom is -0.366 e. The molecular weight excluding hydrogens is 319 g/mol. The van der Waals surface area contributed by atoms with Gasteiger partial charge in [-0.25, -0.2) is 4.39 Å². The second-order valence-electron chi connectivity index (χ2n) is 4.38. The van der Waals surface area contributed by atoms with Crippen LogP contribution in [-0.4, -0.2) is 6.54 Å². The second-order valence-corrected chi connectivity index (χ2v) is 5.17. The molecule has 0 aliphatic carbocycles. The Kier molecular flexibility index (Phi) is 5.14. The molecule has 0 aliphatic rings. The van der Waals surface area contributed by atoms with Crippen LogP contribution in [0.15, 0.2) is 53.0 Å². The van der Waals surface area contributed by atoms with Crippen LogP contribution >= 0.6 is 15.9 Å². The molecule has 0 amide bonds. The molecule has 0 fully saturated rings. The predicted octanol–water partition coefficient (Wildman–Crippen LogP) is 4.51. The maximum Gasteiger partial charge on any atom is 0.137 e. The number of rotatable bonds is 5. The van der Waals surface area contributed by atoms with E-state index in [0.717, 1.165) is 11.3 Å². The zero-order valence-corrected chi connectivity index (χ0v) is 12.5. The van der Waals surface area contributed by atoms with Gasteiger partial charge in [0.1, 0.15) is 5.82 Å². The lowest BCUT2D eigenvalue weighted by molar-refractivity contribution is 0.617. The van der Waals surface area contributed by atoms with Gasteiger partial charge in [-0.05, 0) is 39.7 Å². The normalized spacial score (nSPS) is 10.1. The van der Waals surface area contributed by atoms with Gasteiger partial charge in [0.15, 0.2) is 0 Å². The highest BCUT2D eigenvalue weighted by Gasteiger charge is 2.11. The molecule has 0 N–H and O–H groups in total. The summed E-state index contributed by atoms with van der Waals surface area (Å²) in [7, 11) is 0. The van der Waals surface area contributed by atoms with E-state index in [0.29, 0.717) is 24.0 Å². The van der Waals surface area contributed by atoms with Crippen LogP contribution in [0.25, 0.3) is 0 Å². The standard InChI is InChI=1S/C16H14BrFN2/c17-16-13(6-4-9-15(16)18)12-20(11-5-10-19)14-7-2-1-3-8-14/h1-4,6-9H,5,11-12H2.